The molecule has 1 atom stereocenters. The Morgan fingerprint density at radius 1 is 1.80 bits per heavy atom. The van der Waals surface area contributed by atoms with Crippen molar-refractivity contribution in [2.45, 2.75) is 13.1 Å². The topological polar surface area (TPSA) is 58.2 Å². The van der Waals surface area contributed by atoms with E-state index in [2.05, 4.69) is 23.3 Å². The summed E-state index contributed by atoms with van der Waals surface area (Å²) in [4.78, 5) is 20.2. The number of hydrogen-bond acceptors (Lipinski definition) is 3. The highest BCUT2D eigenvalue weighted by molar-refractivity contribution is 7.80. The molecule has 0 aromatic carbocycles. The molecular weight excluding hydrogens is 152 g/mol. The summed E-state index contributed by atoms with van der Waals surface area (Å²) in [5, 5.41) is 4.85. The van der Waals surface area contributed by atoms with Gasteiger partial charge in [0.05, 0.1) is 0 Å². The third kappa shape index (κ3) is 4.20. The average molecular weight is 162 g/mol. The molecule has 5 heteroatoms. The molecule has 0 radical (unpaired) electrons. The molecule has 0 fully saturated rings. The first-order valence-electron chi connectivity index (χ1n) is 2.78. The monoisotopic (exact) mass is 162 g/mol. The number of carbonyl (C=O) groups excluding carboxylic acids is 2. The van der Waals surface area contributed by atoms with E-state index in [1.165, 1.54) is 6.92 Å². The molecule has 0 aliphatic heterocycles. The third-order valence-corrected chi connectivity index (χ3v) is 1.19. The van der Waals surface area contributed by atoms with Crippen molar-refractivity contribution >= 4 is 24.9 Å². The van der Waals surface area contributed by atoms with Crippen LogP contribution in [0.25, 0.3) is 0 Å². The van der Waals surface area contributed by atoms with E-state index in [4.69, 9.17) is 0 Å². The SMILES string of the molecule is CC(=O)NC(CS)NC=O. The van der Waals surface area contributed by atoms with Crippen LogP contribution in [-0.2, 0) is 9.59 Å². The molecule has 0 saturated carbocycles. The van der Waals surface area contributed by atoms with Crippen molar-refractivity contribution in [2.24, 2.45) is 0 Å². The maximum absolute atomic E-state index is 10.4. The Labute approximate surface area is 64.8 Å². The van der Waals surface area contributed by atoms with Gasteiger partial charge in [-0.15, -0.1) is 0 Å². The zero-order valence-corrected chi connectivity index (χ0v) is 6.52. The van der Waals surface area contributed by atoms with Crippen molar-refractivity contribution < 1.29 is 9.59 Å². The van der Waals surface area contributed by atoms with Gasteiger partial charge in [-0.25, -0.2) is 0 Å². The molecule has 10 heavy (non-hydrogen) atoms. The van der Waals surface area contributed by atoms with E-state index in [0.717, 1.165) is 0 Å². The first kappa shape index (κ1) is 9.29. The molecule has 2 amide bonds. The van der Waals surface area contributed by atoms with Gasteiger partial charge in [0.15, 0.2) is 0 Å². The normalized spacial score (nSPS) is 11.8. The van der Waals surface area contributed by atoms with Gasteiger partial charge in [0.1, 0.15) is 6.17 Å². The lowest BCUT2D eigenvalue weighted by atomic mass is 10.5. The highest BCUT2D eigenvalue weighted by atomic mass is 32.1. The predicted octanol–water partition coefficient (Wildman–Crippen LogP) is -0.876. The molecule has 0 heterocycles. The van der Waals surface area contributed by atoms with Gasteiger partial charge in [0.2, 0.25) is 12.3 Å². The van der Waals surface area contributed by atoms with Crippen molar-refractivity contribution in [3.8, 4) is 0 Å². The van der Waals surface area contributed by atoms with Crippen LogP contribution < -0.4 is 10.6 Å². The van der Waals surface area contributed by atoms with Gasteiger partial charge in [0, 0.05) is 12.7 Å². The Morgan fingerprint density at radius 2 is 2.40 bits per heavy atom. The summed E-state index contributed by atoms with van der Waals surface area (Å²) in [6, 6.07) is 0. The maximum Gasteiger partial charge on any atom is 0.218 e. The highest BCUT2D eigenvalue weighted by Crippen LogP contribution is 1.80. The lowest BCUT2D eigenvalue weighted by Crippen LogP contribution is -2.45. The van der Waals surface area contributed by atoms with Crippen LogP contribution >= 0.6 is 12.6 Å². The second kappa shape index (κ2) is 5.10. The van der Waals surface area contributed by atoms with Crippen molar-refractivity contribution in [3.05, 3.63) is 0 Å². The van der Waals surface area contributed by atoms with Crippen LogP contribution in [0.5, 0.6) is 0 Å². The van der Waals surface area contributed by atoms with E-state index in [1.807, 2.05) is 0 Å². The quantitative estimate of drug-likeness (QED) is 0.286. The minimum Gasteiger partial charge on any atom is -0.338 e. The Bertz CT molecular complexity index is 129. The molecule has 0 spiro atoms. The molecule has 0 aromatic heterocycles. The van der Waals surface area contributed by atoms with Gasteiger partial charge in [-0.2, -0.15) is 12.6 Å². The standard InChI is InChI=1S/C5H10N2O2S/c1-4(9)7-5(2-10)6-3-8/h3,5,10H,2H2,1H3,(H,6,8)(H,7,9). The van der Waals surface area contributed by atoms with Crippen LogP contribution in [0.15, 0.2) is 0 Å². The fourth-order valence-corrected chi connectivity index (χ4v) is 0.664. The van der Waals surface area contributed by atoms with E-state index in [9.17, 15) is 9.59 Å². The van der Waals surface area contributed by atoms with Gasteiger partial charge in [-0.1, -0.05) is 0 Å². The fourth-order valence-electron chi connectivity index (χ4n) is 0.468. The largest absolute Gasteiger partial charge is 0.338 e. The van der Waals surface area contributed by atoms with Crippen LogP contribution in [0.4, 0.5) is 0 Å². The molecule has 1 unspecified atom stereocenters. The smallest absolute Gasteiger partial charge is 0.218 e. The minimum absolute atomic E-state index is 0.187. The van der Waals surface area contributed by atoms with Gasteiger partial charge in [0.25, 0.3) is 0 Å². The first-order valence-corrected chi connectivity index (χ1v) is 3.41. The van der Waals surface area contributed by atoms with Crippen LogP contribution in [0.1, 0.15) is 6.92 Å². The van der Waals surface area contributed by atoms with E-state index in [1.54, 1.807) is 0 Å². The molecule has 0 bridgehead atoms. The molecule has 0 aliphatic carbocycles. The van der Waals surface area contributed by atoms with Gasteiger partial charge < -0.3 is 10.6 Å². The Morgan fingerprint density at radius 3 is 2.70 bits per heavy atom. The predicted molar refractivity (Wildman–Crippen MR) is 40.7 cm³/mol. The number of thiol groups is 1. The third-order valence-electron chi connectivity index (χ3n) is 0.829. The van der Waals surface area contributed by atoms with Crippen molar-refractivity contribution in [1.29, 1.82) is 0 Å². The molecule has 2 N–H and O–H groups in total. The van der Waals surface area contributed by atoms with Crippen LogP contribution in [0, 0.1) is 0 Å². The summed E-state index contributed by atoms with van der Waals surface area (Å²) in [5.41, 5.74) is 0. The Balaban J connectivity index is 3.59. The summed E-state index contributed by atoms with van der Waals surface area (Å²) in [7, 11) is 0. The minimum atomic E-state index is -0.363. The number of hydrogen-bond donors (Lipinski definition) is 3. The maximum atomic E-state index is 10.4. The van der Waals surface area contributed by atoms with Gasteiger partial charge in [-0.05, 0) is 0 Å². The Hall–Kier alpha value is -0.710. The number of nitrogens with one attached hydrogen (secondary N) is 2. The molecule has 0 saturated heterocycles. The number of rotatable bonds is 4. The summed E-state index contributed by atoms with van der Waals surface area (Å²) < 4.78 is 0. The summed E-state index contributed by atoms with van der Waals surface area (Å²) in [6.45, 7) is 1.38. The highest BCUT2D eigenvalue weighted by Gasteiger charge is 2.03. The molecule has 0 aliphatic rings. The molecule has 4 nitrogen and oxygen atoms in total. The van der Waals surface area contributed by atoms with Gasteiger partial charge >= 0.3 is 0 Å². The second-order valence-corrected chi connectivity index (χ2v) is 2.09. The zero-order valence-electron chi connectivity index (χ0n) is 5.63. The first-order chi connectivity index (χ1) is 4.70. The fraction of sp³-hybridized carbons (Fsp3) is 0.600. The summed E-state index contributed by atoms with van der Waals surface area (Å²) in [5.74, 6) is 0.201. The van der Waals surface area contributed by atoms with Crippen LogP contribution in [-0.4, -0.2) is 24.2 Å². The van der Waals surface area contributed by atoms with E-state index in [-0.39, 0.29) is 12.1 Å². The van der Waals surface area contributed by atoms with Crippen LogP contribution in [0.2, 0.25) is 0 Å². The molecule has 0 rings (SSSR count). The van der Waals surface area contributed by atoms with E-state index >= 15 is 0 Å². The van der Waals surface area contributed by atoms with Gasteiger partial charge in [-0.3, -0.25) is 9.59 Å². The van der Waals surface area contributed by atoms with Crippen molar-refractivity contribution in [1.82, 2.24) is 10.6 Å². The number of amides is 2. The van der Waals surface area contributed by atoms with Crippen molar-refractivity contribution in [2.75, 3.05) is 5.75 Å². The summed E-state index contributed by atoms with van der Waals surface area (Å²) in [6.07, 6.45) is 0.162. The van der Waals surface area contributed by atoms with E-state index in [0.29, 0.717) is 12.2 Å². The van der Waals surface area contributed by atoms with Crippen LogP contribution in [0.3, 0.4) is 0 Å². The van der Waals surface area contributed by atoms with E-state index < -0.39 is 0 Å². The lowest BCUT2D eigenvalue weighted by molar-refractivity contribution is -0.120. The molecule has 0 aromatic rings. The average Bonchev–Trinajstić information content (AvgIpc) is 1.86. The summed E-state index contributed by atoms with van der Waals surface area (Å²) >= 11 is 3.89. The second-order valence-electron chi connectivity index (χ2n) is 1.72. The molecule has 58 valence electrons. The number of carbonyl (C=O) groups is 2. The van der Waals surface area contributed by atoms with Crippen molar-refractivity contribution in [3.63, 3.8) is 0 Å². The Kier molecular flexibility index (Phi) is 4.74. The lowest BCUT2D eigenvalue weighted by Gasteiger charge is -2.12. The molecular formula is C5H10N2O2S. The zero-order chi connectivity index (χ0) is 7.98.